The largest absolute Gasteiger partial charge is 0.543 e. The van der Waals surface area contributed by atoms with E-state index >= 15 is 0 Å². The number of amides is 2. The summed E-state index contributed by atoms with van der Waals surface area (Å²) in [5, 5.41) is 22.4. The lowest BCUT2D eigenvalue weighted by Crippen LogP contribution is -2.71. The van der Waals surface area contributed by atoms with Crippen LogP contribution in [0.4, 0.5) is 5.13 Å². The zero-order valence-corrected chi connectivity index (χ0v) is 21.7. The van der Waals surface area contributed by atoms with E-state index in [9.17, 15) is 19.5 Å². The van der Waals surface area contributed by atoms with Crippen LogP contribution in [0.15, 0.2) is 47.0 Å². The van der Waals surface area contributed by atoms with Gasteiger partial charge in [-0.3, -0.25) is 14.5 Å². The number of anilines is 1. The van der Waals surface area contributed by atoms with Gasteiger partial charge in [-0.05, 0) is 24.6 Å². The monoisotopic (exact) mass is 555 g/mol. The fraction of sp³-hybridized carbons (Fsp3) is 0.273. The minimum absolute atomic E-state index is 0.0402. The molecule has 2 aliphatic rings. The van der Waals surface area contributed by atoms with Crippen molar-refractivity contribution in [2.24, 2.45) is 12.2 Å². The second kappa shape index (κ2) is 10.2. The molecular weight excluding hydrogens is 534 g/mol. The quantitative estimate of drug-likeness (QED) is 0.143. The van der Waals surface area contributed by atoms with Crippen LogP contribution in [0.25, 0.3) is 11.7 Å². The van der Waals surface area contributed by atoms with Gasteiger partial charge in [0.25, 0.3) is 11.8 Å². The number of hydrogen-bond donors (Lipinski definition) is 2. The smallest absolute Gasteiger partial charge is 0.306 e. The van der Waals surface area contributed by atoms with Gasteiger partial charge in [0.1, 0.15) is 29.9 Å². The van der Waals surface area contributed by atoms with Crippen LogP contribution in [0.2, 0.25) is 0 Å². The maximum Gasteiger partial charge on any atom is 0.306 e. The molecule has 0 aromatic carbocycles. The summed E-state index contributed by atoms with van der Waals surface area (Å²) in [5.74, 6) is -2.61. The SMILES string of the molecule is CCO/N=C(\C(=O)N[C@@H]1C(=O)N2C(C(=O)[O-])=C(/C=C\c3ccc4n(cc[n+]4C)n3)CS[C@H]12)c1nsc(N)n1. The highest BCUT2D eigenvalue weighted by atomic mass is 32.2. The Morgan fingerprint density at radius 1 is 1.39 bits per heavy atom. The maximum atomic E-state index is 13.0. The van der Waals surface area contributed by atoms with Crippen molar-refractivity contribution in [3.05, 3.63) is 53.4 Å². The van der Waals surface area contributed by atoms with Crippen LogP contribution in [0.3, 0.4) is 0 Å². The molecule has 38 heavy (non-hydrogen) atoms. The molecule has 2 amide bonds. The highest BCUT2D eigenvalue weighted by molar-refractivity contribution is 8.00. The van der Waals surface area contributed by atoms with Crippen molar-refractivity contribution in [3.63, 3.8) is 0 Å². The number of carboxylic acid groups (broad SMARTS) is 1. The van der Waals surface area contributed by atoms with Crippen LogP contribution in [0.5, 0.6) is 0 Å². The number of nitrogens with one attached hydrogen (secondary N) is 1. The van der Waals surface area contributed by atoms with Gasteiger partial charge in [-0.2, -0.15) is 9.36 Å². The van der Waals surface area contributed by atoms with Gasteiger partial charge in [-0.25, -0.2) is 4.57 Å². The predicted octanol–water partition coefficient (Wildman–Crippen LogP) is -1.55. The first kappa shape index (κ1) is 25.3. The molecule has 0 unspecified atom stereocenters. The fourth-order valence-electron chi connectivity index (χ4n) is 3.96. The molecule has 16 heteroatoms. The number of thioether (sulfide) groups is 1. The standard InChI is InChI=1S/C22H21N9O5S2/c1-3-36-27-14(17-25-22(23)38-28-17)18(32)24-15-19(33)31-16(21(34)35)11(10-37-20(15)31)4-5-12-6-7-13-29(2)8-9-30(13)26-12/h4-9,15,20H,3,10H2,1-2H3,(H3-,23,24,25,28,32,34,35)/b5-4-,27-14-/t15-,20-/m1/s1. The topological polar surface area (TPSA) is 184 Å². The number of hydrogen-bond acceptors (Lipinski definition) is 12. The summed E-state index contributed by atoms with van der Waals surface area (Å²) in [6.45, 7) is 1.87. The number of imidazole rings is 1. The summed E-state index contributed by atoms with van der Waals surface area (Å²) < 4.78 is 7.58. The number of carboxylic acids is 1. The number of aliphatic carboxylic acids is 1. The van der Waals surface area contributed by atoms with Crippen molar-refractivity contribution in [1.29, 1.82) is 0 Å². The van der Waals surface area contributed by atoms with Crippen LogP contribution in [-0.2, 0) is 26.3 Å². The number of aryl methyl sites for hydroxylation is 1. The normalized spacial score (nSPS) is 19.6. The van der Waals surface area contributed by atoms with E-state index in [1.165, 1.54) is 11.8 Å². The third kappa shape index (κ3) is 4.58. The van der Waals surface area contributed by atoms with E-state index in [1.54, 1.807) is 35.9 Å². The van der Waals surface area contributed by atoms with Crippen molar-refractivity contribution in [3.8, 4) is 0 Å². The Labute approximate surface area is 223 Å². The molecule has 0 aliphatic carbocycles. The minimum atomic E-state index is -1.49. The number of rotatable bonds is 8. The summed E-state index contributed by atoms with van der Waals surface area (Å²) in [6.07, 6.45) is 6.95. The van der Waals surface area contributed by atoms with Crippen molar-refractivity contribution >= 4 is 63.6 Å². The number of oxime groups is 1. The van der Waals surface area contributed by atoms with Gasteiger partial charge in [-0.1, -0.05) is 16.3 Å². The van der Waals surface area contributed by atoms with E-state index < -0.39 is 29.2 Å². The molecule has 0 radical (unpaired) electrons. The van der Waals surface area contributed by atoms with Gasteiger partial charge >= 0.3 is 5.65 Å². The van der Waals surface area contributed by atoms with E-state index in [2.05, 4.69) is 24.9 Å². The van der Waals surface area contributed by atoms with E-state index in [4.69, 9.17) is 10.6 Å². The van der Waals surface area contributed by atoms with Crippen molar-refractivity contribution in [1.82, 2.24) is 29.2 Å². The number of aromatic nitrogens is 5. The second-order valence-electron chi connectivity index (χ2n) is 8.14. The van der Waals surface area contributed by atoms with Gasteiger partial charge in [0.2, 0.25) is 11.5 Å². The maximum absolute atomic E-state index is 13.0. The van der Waals surface area contributed by atoms with Gasteiger partial charge in [0.05, 0.1) is 18.7 Å². The average Bonchev–Trinajstić information content (AvgIpc) is 3.50. The number of carbonyl (C=O) groups excluding carboxylic acids is 3. The molecule has 1 saturated heterocycles. The summed E-state index contributed by atoms with van der Waals surface area (Å²) >= 11 is 2.19. The van der Waals surface area contributed by atoms with Crippen LogP contribution >= 0.6 is 23.3 Å². The van der Waals surface area contributed by atoms with E-state index in [1.807, 2.05) is 23.9 Å². The molecule has 0 spiro atoms. The molecule has 5 heterocycles. The van der Waals surface area contributed by atoms with Crippen molar-refractivity contribution < 1.29 is 28.9 Å². The Morgan fingerprint density at radius 3 is 2.92 bits per heavy atom. The lowest BCUT2D eigenvalue weighted by molar-refractivity contribution is -0.644. The number of fused-ring (bicyclic) bond motifs is 2. The molecule has 3 aromatic heterocycles. The summed E-state index contributed by atoms with van der Waals surface area (Å²) in [6, 6.07) is 2.70. The first-order valence-electron chi connectivity index (χ1n) is 11.3. The average molecular weight is 556 g/mol. The minimum Gasteiger partial charge on any atom is -0.543 e. The summed E-state index contributed by atoms with van der Waals surface area (Å²) in [7, 11) is 1.90. The highest BCUT2D eigenvalue weighted by Crippen LogP contribution is 2.40. The van der Waals surface area contributed by atoms with Crippen LogP contribution < -0.4 is 20.7 Å². The van der Waals surface area contributed by atoms with E-state index in [0.29, 0.717) is 11.3 Å². The van der Waals surface area contributed by atoms with Gasteiger partial charge in [-0.15, -0.1) is 16.3 Å². The van der Waals surface area contributed by atoms with E-state index in [0.717, 1.165) is 22.1 Å². The Bertz CT molecular complexity index is 1540. The predicted molar refractivity (Wildman–Crippen MR) is 135 cm³/mol. The molecule has 2 aliphatic heterocycles. The van der Waals surface area contributed by atoms with Crippen molar-refractivity contribution in [2.45, 2.75) is 18.3 Å². The third-order valence-corrected chi connectivity index (χ3v) is 7.59. The van der Waals surface area contributed by atoms with Gasteiger partial charge in [0, 0.05) is 23.4 Å². The van der Waals surface area contributed by atoms with Crippen LogP contribution in [-0.4, -0.2) is 71.1 Å². The number of nitrogens with two attached hydrogens (primary N) is 1. The summed E-state index contributed by atoms with van der Waals surface area (Å²) in [5.41, 5.74) is 7.00. The molecule has 3 N–H and O–H groups in total. The number of nitrogen functional groups attached to an aromatic ring is 1. The Balaban J connectivity index is 1.35. The molecule has 14 nitrogen and oxygen atoms in total. The lowest BCUT2D eigenvalue weighted by atomic mass is 10.0. The molecule has 0 bridgehead atoms. The highest BCUT2D eigenvalue weighted by Gasteiger charge is 2.53. The number of carbonyl (C=O) groups is 3. The molecule has 196 valence electrons. The van der Waals surface area contributed by atoms with Crippen molar-refractivity contribution in [2.75, 3.05) is 18.1 Å². The molecule has 1 fully saturated rings. The Hall–Kier alpha value is -4.31. The number of nitrogens with zero attached hydrogens (tertiary/aromatic N) is 7. The zero-order chi connectivity index (χ0) is 27.0. The molecular formula is C22H21N9O5S2. The third-order valence-electron chi connectivity index (χ3n) is 5.74. The first-order chi connectivity index (χ1) is 18.3. The van der Waals surface area contributed by atoms with Gasteiger partial charge < -0.3 is 25.8 Å². The zero-order valence-electron chi connectivity index (χ0n) is 20.1. The second-order valence-corrected chi connectivity index (χ2v) is 10.0. The molecule has 5 rings (SSSR count). The fourth-order valence-corrected chi connectivity index (χ4v) is 5.72. The Kier molecular flexibility index (Phi) is 6.81. The van der Waals surface area contributed by atoms with E-state index in [-0.39, 0.29) is 34.7 Å². The molecule has 3 aromatic rings. The summed E-state index contributed by atoms with van der Waals surface area (Å²) in [4.78, 5) is 48.1. The molecule has 0 saturated carbocycles. The number of β-lactam (4-membered cyclic amide) rings is 1. The lowest BCUT2D eigenvalue weighted by Gasteiger charge is -2.50. The first-order valence-corrected chi connectivity index (χ1v) is 13.1. The van der Waals surface area contributed by atoms with Gasteiger partial charge in [0.15, 0.2) is 11.3 Å². The van der Waals surface area contributed by atoms with Crippen LogP contribution in [0, 0.1) is 0 Å². The Morgan fingerprint density at radius 2 is 2.21 bits per heavy atom. The number of allylic oxidation sites excluding steroid dienone is 1. The van der Waals surface area contributed by atoms with Crippen LogP contribution in [0.1, 0.15) is 18.4 Å². The molecule has 2 atom stereocenters.